The Bertz CT molecular complexity index is 508. The van der Waals surface area contributed by atoms with Crippen molar-refractivity contribution in [2.24, 2.45) is 5.92 Å². The number of benzene rings is 1. The molecule has 0 bridgehead atoms. The third-order valence-electron chi connectivity index (χ3n) is 2.51. The van der Waals surface area contributed by atoms with Crippen molar-refractivity contribution in [1.29, 1.82) is 0 Å². The van der Waals surface area contributed by atoms with E-state index in [0.717, 1.165) is 4.31 Å². The molecule has 1 radical (unpaired) electrons. The van der Waals surface area contributed by atoms with E-state index in [4.69, 9.17) is 4.74 Å². The number of nitrogens with zero attached hydrogens (tertiary/aromatic N) is 1. The molecule has 0 aliphatic heterocycles. The van der Waals surface area contributed by atoms with E-state index in [1.807, 2.05) is 13.8 Å². The van der Waals surface area contributed by atoms with Gasteiger partial charge in [0, 0.05) is 6.54 Å². The number of methoxy groups -OCH3 is 1. The Kier molecular flexibility index (Phi) is 5.50. The smallest absolute Gasteiger partial charge is 0.243 e. The van der Waals surface area contributed by atoms with E-state index in [9.17, 15) is 13.2 Å². The van der Waals surface area contributed by atoms with Crippen molar-refractivity contribution in [3.8, 4) is 5.75 Å². The first-order valence-electron chi connectivity index (χ1n) is 5.91. The van der Waals surface area contributed by atoms with Gasteiger partial charge in [0.25, 0.3) is 0 Å². The number of hydrogen-bond donors (Lipinski definition) is 0. The van der Waals surface area contributed by atoms with Crippen molar-refractivity contribution in [3.05, 3.63) is 24.3 Å². The Morgan fingerprint density at radius 2 is 1.84 bits per heavy atom. The first-order valence-corrected chi connectivity index (χ1v) is 7.35. The molecule has 0 aliphatic rings. The fraction of sp³-hybridized carbons (Fsp3) is 0.462. The van der Waals surface area contributed by atoms with Gasteiger partial charge >= 0.3 is 0 Å². The summed E-state index contributed by atoms with van der Waals surface area (Å²) in [6.07, 6.45) is 1.64. The summed E-state index contributed by atoms with van der Waals surface area (Å²) in [4.78, 5) is 10.7. The molecule has 1 aromatic carbocycles. The Hall–Kier alpha value is -1.40. The monoisotopic (exact) mass is 284 g/mol. The molecule has 0 spiro atoms. The lowest BCUT2D eigenvalue weighted by atomic mass is 10.2. The van der Waals surface area contributed by atoms with Crippen LogP contribution in [0.25, 0.3) is 0 Å². The molecule has 0 heterocycles. The summed E-state index contributed by atoms with van der Waals surface area (Å²) in [6.45, 7) is 3.80. The van der Waals surface area contributed by atoms with Crippen molar-refractivity contribution in [3.63, 3.8) is 0 Å². The van der Waals surface area contributed by atoms with Crippen LogP contribution in [0.1, 0.15) is 13.8 Å². The fourth-order valence-electron chi connectivity index (χ4n) is 1.62. The molecule has 1 aromatic rings. The molecular formula is C13H18NO4S. The minimum Gasteiger partial charge on any atom is -0.497 e. The third-order valence-corrected chi connectivity index (χ3v) is 4.33. The lowest BCUT2D eigenvalue weighted by Gasteiger charge is -2.21. The summed E-state index contributed by atoms with van der Waals surface area (Å²) >= 11 is 0. The minimum atomic E-state index is -3.67. The van der Waals surface area contributed by atoms with Crippen molar-refractivity contribution in [2.75, 3.05) is 20.2 Å². The standard InChI is InChI=1S/C13H18NO4S/c1-11(2)10-14(8-9-15)19(16,17)13-6-4-12(18-3)5-7-13/h4-7,11H,8,10H2,1-3H3. The Balaban J connectivity index is 3.06. The molecule has 19 heavy (non-hydrogen) atoms. The summed E-state index contributed by atoms with van der Waals surface area (Å²) in [5.74, 6) is 0.706. The molecule has 0 N–H and O–H groups in total. The third kappa shape index (κ3) is 4.04. The molecule has 0 fully saturated rings. The highest BCUT2D eigenvalue weighted by Crippen LogP contribution is 2.19. The van der Waals surface area contributed by atoms with Gasteiger partial charge in [0.05, 0.1) is 18.6 Å². The molecule has 0 aliphatic carbocycles. The van der Waals surface area contributed by atoms with Gasteiger partial charge in [0.2, 0.25) is 16.3 Å². The Morgan fingerprint density at radius 3 is 2.26 bits per heavy atom. The van der Waals surface area contributed by atoms with E-state index < -0.39 is 10.0 Å². The fourth-order valence-corrected chi connectivity index (χ4v) is 3.12. The Labute approximate surface area is 114 Å². The molecular weight excluding hydrogens is 266 g/mol. The zero-order valence-corrected chi connectivity index (χ0v) is 12.1. The highest BCUT2D eigenvalue weighted by atomic mass is 32.2. The molecule has 6 heteroatoms. The molecule has 1 rings (SSSR count). The summed E-state index contributed by atoms with van der Waals surface area (Å²) in [7, 11) is -2.16. The molecule has 105 valence electrons. The van der Waals surface area contributed by atoms with Gasteiger partial charge in [-0.05, 0) is 30.2 Å². The quantitative estimate of drug-likeness (QED) is 0.760. The van der Waals surface area contributed by atoms with Gasteiger partial charge in [-0.3, -0.25) is 4.79 Å². The van der Waals surface area contributed by atoms with Gasteiger partial charge in [0.1, 0.15) is 5.75 Å². The van der Waals surface area contributed by atoms with E-state index in [1.54, 1.807) is 18.4 Å². The first-order chi connectivity index (χ1) is 8.91. The van der Waals surface area contributed by atoms with Gasteiger partial charge in [-0.1, -0.05) is 13.8 Å². The van der Waals surface area contributed by atoms with E-state index >= 15 is 0 Å². The average molecular weight is 284 g/mol. The molecule has 0 amide bonds. The normalized spacial score (nSPS) is 11.8. The first kappa shape index (κ1) is 15.7. The van der Waals surface area contributed by atoms with Crippen LogP contribution in [-0.2, 0) is 14.8 Å². The molecule has 0 saturated carbocycles. The molecule has 0 unspecified atom stereocenters. The number of ether oxygens (including phenoxy) is 1. The predicted octanol–water partition coefficient (Wildman–Crippen LogP) is 1.45. The maximum atomic E-state index is 12.4. The van der Waals surface area contributed by atoms with Crippen molar-refractivity contribution >= 4 is 16.3 Å². The van der Waals surface area contributed by atoms with Crippen LogP contribution in [0, 0.1) is 5.92 Å². The van der Waals surface area contributed by atoms with Crippen molar-refractivity contribution in [2.45, 2.75) is 18.7 Å². The van der Waals surface area contributed by atoms with Gasteiger partial charge in [-0.15, -0.1) is 0 Å². The van der Waals surface area contributed by atoms with Gasteiger partial charge < -0.3 is 4.74 Å². The second-order valence-electron chi connectivity index (χ2n) is 4.51. The van der Waals surface area contributed by atoms with Crippen LogP contribution < -0.4 is 4.74 Å². The van der Waals surface area contributed by atoms with E-state index in [1.165, 1.54) is 19.2 Å². The van der Waals surface area contributed by atoms with Gasteiger partial charge in [-0.25, -0.2) is 8.42 Å². The van der Waals surface area contributed by atoms with Crippen LogP contribution in [0.2, 0.25) is 0 Å². The molecule has 0 aromatic heterocycles. The number of sulfonamides is 1. The maximum absolute atomic E-state index is 12.4. The molecule has 5 nitrogen and oxygen atoms in total. The zero-order valence-electron chi connectivity index (χ0n) is 11.3. The van der Waals surface area contributed by atoms with Gasteiger partial charge in [0.15, 0.2) is 0 Å². The lowest BCUT2D eigenvalue weighted by molar-refractivity contribution is 0.392. The SMILES string of the molecule is COc1ccc(S(=O)(=O)N(C[C]=O)CC(C)C)cc1. The summed E-state index contributed by atoms with van der Waals surface area (Å²) in [5.41, 5.74) is 0. The molecule has 0 atom stereocenters. The lowest BCUT2D eigenvalue weighted by Crippen LogP contribution is -2.35. The topological polar surface area (TPSA) is 63.7 Å². The van der Waals surface area contributed by atoms with E-state index in [0.29, 0.717) is 5.75 Å². The largest absolute Gasteiger partial charge is 0.497 e. The summed E-state index contributed by atoms with van der Waals surface area (Å²) in [6, 6.07) is 6.08. The van der Waals surface area contributed by atoms with Crippen LogP contribution in [0.3, 0.4) is 0 Å². The maximum Gasteiger partial charge on any atom is 0.243 e. The molecule has 0 saturated heterocycles. The van der Waals surface area contributed by atoms with Gasteiger partial charge in [-0.2, -0.15) is 4.31 Å². The van der Waals surface area contributed by atoms with Crippen LogP contribution in [-0.4, -0.2) is 39.2 Å². The second-order valence-corrected chi connectivity index (χ2v) is 6.45. The highest BCUT2D eigenvalue weighted by Gasteiger charge is 2.24. The van der Waals surface area contributed by atoms with Crippen molar-refractivity contribution < 1.29 is 17.9 Å². The number of carbonyl (C=O) groups excluding carboxylic acids is 1. The van der Waals surface area contributed by atoms with Crippen LogP contribution in [0.15, 0.2) is 29.2 Å². The zero-order chi connectivity index (χ0) is 14.5. The Morgan fingerprint density at radius 1 is 1.26 bits per heavy atom. The van der Waals surface area contributed by atoms with E-state index in [2.05, 4.69) is 0 Å². The van der Waals surface area contributed by atoms with Crippen molar-refractivity contribution in [1.82, 2.24) is 4.31 Å². The number of rotatable bonds is 7. The summed E-state index contributed by atoms with van der Waals surface area (Å²) < 4.78 is 30.8. The summed E-state index contributed by atoms with van der Waals surface area (Å²) in [5, 5.41) is 0. The van der Waals surface area contributed by atoms with Crippen LogP contribution >= 0.6 is 0 Å². The van der Waals surface area contributed by atoms with E-state index in [-0.39, 0.29) is 23.9 Å². The second kappa shape index (κ2) is 6.68. The average Bonchev–Trinajstić information content (AvgIpc) is 2.38. The predicted molar refractivity (Wildman–Crippen MR) is 72.3 cm³/mol. The minimum absolute atomic E-state index is 0.126. The van der Waals surface area contributed by atoms with Crippen LogP contribution in [0.4, 0.5) is 0 Å². The highest BCUT2D eigenvalue weighted by molar-refractivity contribution is 7.89. The van der Waals surface area contributed by atoms with Crippen LogP contribution in [0.5, 0.6) is 5.75 Å². The number of hydrogen-bond acceptors (Lipinski definition) is 4.